The number of rotatable bonds is 5. The van der Waals surface area contributed by atoms with Crippen LogP contribution in [-0.2, 0) is 0 Å². The number of halogens is 4. The molecule has 19 heavy (non-hydrogen) atoms. The monoisotopic (exact) mass is 281 g/mol. The van der Waals surface area contributed by atoms with Crippen molar-refractivity contribution < 1.29 is 22.7 Å². The van der Waals surface area contributed by atoms with Gasteiger partial charge in [-0.3, -0.25) is 0 Å². The lowest BCUT2D eigenvalue weighted by atomic mass is 10.1. The lowest BCUT2D eigenvalue weighted by molar-refractivity contribution is 0.0458. The second kappa shape index (κ2) is 5.70. The van der Waals surface area contributed by atoms with E-state index in [1.54, 1.807) is 19.0 Å². The summed E-state index contributed by atoms with van der Waals surface area (Å²) in [4.78, 5) is 4.09. The minimum Gasteiger partial charge on any atom is -0.387 e. The molecule has 4 nitrogen and oxygen atoms in total. The number of anilines is 1. The van der Waals surface area contributed by atoms with Gasteiger partial charge in [-0.2, -0.15) is 22.5 Å². The molecule has 0 saturated carbocycles. The zero-order valence-electron chi connectivity index (χ0n) is 10.8. The highest BCUT2D eigenvalue weighted by molar-refractivity contribution is 5.45. The fourth-order valence-electron chi connectivity index (χ4n) is 1.66. The molecule has 0 amide bonds. The van der Waals surface area contributed by atoms with Crippen LogP contribution in [0.5, 0.6) is 0 Å². The first-order valence-corrected chi connectivity index (χ1v) is 5.45. The van der Waals surface area contributed by atoms with Gasteiger partial charge in [0.1, 0.15) is 5.69 Å². The Morgan fingerprint density at radius 1 is 1.16 bits per heavy atom. The molecule has 1 heterocycles. The molecule has 0 bridgehead atoms. The van der Waals surface area contributed by atoms with Crippen LogP contribution in [0.4, 0.5) is 23.2 Å². The molecule has 0 radical (unpaired) electrons. The molecule has 2 N–H and O–H groups in total. The number of nitrogens with one attached hydrogen (secondary N) is 1. The summed E-state index contributed by atoms with van der Waals surface area (Å²) in [6.45, 7) is 1.32. The molecule has 0 spiro atoms. The van der Waals surface area contributed by atoms with Crippen molar-refractivity contribution in [2.45, 2.75) is 12.5 Å². The first kappa shape index (κ1) is 15.6. The summed E-state index contributed by atoms with van der Waals surface area (Å²) >= 11 is 0. The van der Waals surface area contributed by atoms with Gasteiger partial charge in [-0.25, -0.2) is 0 Å². The fourth-order valence-corrected chi connectivity index (χ4v) is 1.66. The highest BCUT2D eigenvalue weighted by Gasteiger charge is 2.25. The van der Waals surface area contributed by atoms with Crippen molar-refractivity contribution >= 4 is 5.69 Å². The normalized spacial score (nSPS) is 14.6. The smallest absolute Gasteiger partial charge is 0.253 e. The number of hydrogen-bond donors (Lipinski definition) is 2. The number of nitrogens with zero attached hydrogens (tertiary/aromatic N) is 2. The quantitative estimate of drug-likeness (QED) is 0.632. The summed E-state index contributed by atoms with van der Waals surface area (Å²) < 4.78 is 52.3. The Bertz CT molecular complexity index is 439. The van der Waals surface area contributed by atoms with E-state index in [0.717, 1.165) is 0 Å². The summed E-state index contributed by atoms with van der Waals surface area (Å²) in [6.07, 6.45) is 0. The van der Waals surface area contributed by atoms with E-state index in [-0.39, 0.29) is 13.1 Å². The molecule has 1 aromatic heterocycles. The molecule has 0 fully saturated rings. The van der Waals surface area contributed by atoms with Gasteiger partial charge in [-0.05, 0) is 21.0 Å². The Morgan fingerprint density at radius 2 is 1.63 bits per heavy atom. The largest absolute Gasteiger partial charge is 0.387 e. The molecular weight excluding hydrogens is 266 g/mol. The maximum atomic E-state index is 13.3. The highest BCUT2D eigenvalue weighted by atomic mass is 19.2. The molecule has 0 aliphatic carbocycles. The lowest BCUT2D eigenvalue weighted by Crippen LogP contribution is -2.43. The molecule has 1 atom stereocenters. The van der Waals surface area contributed by atoms with Crippen molar-refractivity contribution in [2.24, 2.45) is 0 Å². The first-order chi connectivity index (χ1) is 8.64. The Labute approximate surface area is 108 Å². The van der Waals surface area contributed by atoms with Crippen molar-refractivity contribution in [3.8, 4) is 0 Å². The van der Waals surface area contributed by atoms with E-state index in [9.17, 15) is 22.7 Å². The van der Waals surface area contributed by atoms with E-state index in [2.05, 4.69) is 10.3 Å². The maximum Gasteiger partial charge on any atom is 0.253 e. The minimum absolute atomic E-state index is 0.194. The summed E-state index contributed by atoms with van der Waals surface area (Å²) in [5.74, 6) is -6.73. The van der Waals surface area contributed by atoms with Crippen LogP contribution in [0.3, 0.4) is 0 Å². The van der Waals surface area contributed by atoms with E-state index in [1.165, 1.54) is 6.92 Å². The van der Waals surface area contributed by atoms with Crippen molar-refractivity contribution in [1.82, 2.24) is 9.88 Å². The van der Waals surface area contributed by atoms with Gasteiger partial charge in [0.2, 0.25) is 11.6 Å². The van der Waals surface area contributed by atoms with E-state index in [4.69, 9.17) is 0 Å². The Balaban J connectivity index is 2.89. The summed E-state index contributed by atoms with van der Waals surface area (Å²) in [6, 6.07) is 0. The third kappa shape index (κ3) is 4.03. The third-order valence-corrected chi connectivity index (χ3v) is 2.30. The highest BCUT2D eigenvalue weighted by Crippen LogP contribution is 2.22. The Hall–Kier alpha value is -1.41. The topological polar surface area (TPSA) is 48.4 Å². The van der Waals surface area contributed by atoms with Gasteiger partial charge in [0, 0.05) is 13.1 Å². The van der Waals surface area contributed by atoms with Crippen LogP contribution in [0.25, 0.3) is 0 Å². The van der Waals surface area contributed by atoms with Crippen LogP contribution in [0.1, 0.15) is 6.92 Å². The second-order valence-electron chi connectivity index (χ2n) is 4.78. The molecule has 0 aromatic carbocycles. The number of likely N-dealkylation sites (N-methyl/N-ethyl adjacent to an activating group) is 1. The standard InChI is InChI=1S/C11H15F4N3O/c1-11(19,5-18(2)3)4-16-8-6(12)9(14)17-10(15)7(8)13/h19H,4-5H2,1-3H3,(H,16,17). The molecular formula is C11H15F4N3O. The van der Waals surface area contributed by atoms with Crippen molar-refractivity contribution in [2.75, 3.05) is 32.5 Å². The molecule has 1 rings (SSSR count). The van der Waals surface area contributed by atoms with Crippen molar-refractivity contribution in [3.05, 3.63) is 23.5 Å². The van der Waals surface area contributed by atoms with Crippen LogP contribution >= 0.6 is 0 Å². The van der Waals surface area contributed by atoms with Crippen molar-refractivity contribution in [1.29, 1.82) is 0 Å². The second-order valence-corrected chi connectivity index (χ2v) is 4.78. The molecule has 0 aliphatic rings. The number of aliphatic hydroxyl groups is 1. The van der Waals surface area contributed by atoms with Crippen LogP contribution in [0.2, 0.25) is 0 Å². The predicted octanol–water partition coefficient (Wildman–Crippen LogP) is 1.36. The summed E-state index contributed by atoms with van der Waals surface area (Å²) in [5, 5.41) is 12.1. The number of hydrogen-bond acceptors (Lipinski definition) is 4. The molecule has 1 aromatic rings. The van der Waals surface area contributed by atoms with Gasteiger partial charge in [-0.15, -0.1) is 0 Å². The average molecular weight is 281 g/mol. The van der Waals surface area contributed by atoms with E-state index >= 15 is 0 Å². The van der Waals surface area contributed by atoms with E-state index < -0.39 is 34.8 Å². The maximum absolute atomic E-state index is 13.3. The molecule has 0 saturated heterocycles. The van der Waals surface area contributed by atoms with Gasteiger partial charge < -0.3 is 15.3 Å². The third-order valence-electron chi connectivity index (χ3n) is 2.30. The van der Waals surface area contributed by atoms with Crippen LogP contribution in [-0.4, -0.2) is 47.8 Å². The molecule has 0 aliphatic heterocycles. The average Bonchev–Trinajstić information content (AvgIpc) is 2.24. The SMILES string of the molecule is CN(C)CC(C)(O)CNc1c(F)c(F)nc(F)c1F. The van der Waals surface area contributed by atoms with E-state index in [1.807, 2.05) is 0 Å². The Morgan fingerprint density at radius 3 is 2.05 bits per heavy atom. The zero-order chi connectivity index (χ0) is 14.8. The molecule has 8 heteroatoms. The first-order valence-electron chi connectivity index (χ1n) is 5.45. The number of aromatic nitrogens is 1. The minimum atomic E-state index is -1.74. The number of pyridine rings is 1. The molecule has 1 unspecified atom stereocenters. The van der Waals surface area contributed by atoms with Gasteiger partial charge in [0.05, 0.1) is 5.60 Å². The van der Waals surface area contributed by atoms with Crippen LogP contribution in [0, 0.1) is 23.5 Å². The zero-order valence-corrected chi connectivity index (χ0v) is 10.8. The van der Waals surface area contributed by atoms with Crippen molar-refractivity contribution in [3.63, 3.8) is 0 Å². The fraction of sp³-hybridized carbons (Fsp3) is 0.545. The van der Waals surface area contributed by atoms with Gasteiger partial charge in [0.15, 0.2) is 0 Å². The predicted molar refractivity (Wildman–Crippen MR) is 61.7 cm³/mol. The summed E-state index contributed by atoms with van der Waals surface area (Å²) in [5.41, 5.74) is -2.32. The van der Waals surface area contributed by atoms with Crippen LogP contribution in [0.15, 0.2) is 0 Å². The van der Waals surface area contributed by atoms with Gasteiger partial charge in [-0.1, -0.05) is 0 Å². The van der Waals surface area contributed by atoms with E-state index in [0.29, 0.717) is 0 Å². The van der Waals surface area contributed by atoms with Gasteiger partial charge in [0.25, 0.3) is 11.9 Å². The Kier molecular flexibility index (Phi) is 4.70. The van der Waals surface area contributed by atoms with Crippen LogP contribution < -0.4 is 5.32 Å². The lowest BCUT2D eigenvalue weighted by Gasteiger charge is -2.27. The van der Waals surface area contributed by atoms with Gasteiger partial charge >= 0.3 is 0 Å². The summed E-state index contributed by atoms with van der Waals surface area (Å²) in [7, 11) is 3.39. The molecule has 108 valence electrons.